The predicted octanol–water partition coefficient (Wildman–Crippen LogP) is -0.461. The Balaban J connectivity index is 2.06. The summed E-state index contributed by atoms with van der Waals surface area (Å²) in [5, 5.41) is 4.48. The van der Waals surface area contributed by atoms with Crippen molar-refractivity contribution in [3.05, 3.63) is 17.5 Å². The Labute approximate surface area is 125 Å². The Morgan fingerprint density at radius 2 is 2.33 bits per heavy atom. The van der Waals surface area contributed by atoms with Crippen LogP contribution >= 0.6 is 0 Å². The lowest BCUT2D eigenvalue weighted by molar-refractivity contribution is 0.0427. The van der Waals surface area contributed by atoms with Gasteiger partial charge in [-0.3, -0.25) is 4.68 Å². The fourth-order valence-corrected chi connectivity index (χ4v) is 2.72. The van der Waals surface area contributed by atoms with Gasteiger partial charge in [0.05, 0.1) is 25.5 Å². The van der Waals surface area contributed by atoms with Crippen LogP contribution in [0.2, 0.25) is 0 Å². The Bertz CT molecular complexity index is 570. The van der Waals surface area contributed by atoms with Crippen molar-refractivity contribution in [1.29, 1.82) is 0 Å². The summed E-state index contributed by atoms with van der Waals surface area (Å²) in [5.74, 6) is 0. The Morgan fingerprint density at radius 1 is 1.57 bits per heavy atom. The van der Waals surface area contributed by atoms with E-state index in [9.17, 15) is 8.42 Å². The van der Waals surface area contributed by atoms with Gasteiger partial charge in [-0.1, -0.05) is 0 Å². The zero-order chi connectivity index (χ0) is 15.5. The van der Waals surface area contributed by atoms with Gasteiger partial charge in [0.2, 0.25) is 0 Å². The van der Waals surface area contributed by atoms with E-state index in [1.165, 1.54) is 14.1 Å². The molecule has 1 atom stereocenters. The van der Waals surface area contributed by atoms with E-state index >= 15 is 0 Å². The molecule has 1 aromatic rings. The summed E-state index contributed by atoms with van der Waals surface area (Å²) in [6.45, 7) is 1.99. The van der Waals surface area contributed by atoms with Crippen LogP contribution in [0.15, 0.2) is 6.20 Å². The first-order valence-electron chi connectivity index (χ1n) is 6.78. The summed E-state index contributed by atoms with van der Waals surface area (Å²) < 4.78 is 39.6. The summed E-state index contributed by atoms with van der Waals surface area (Å²) in [4.78, 5) is 0. The van der Waals surface area contributed by atoms with Gasteiger partial charge in [-0.25, -0.2) is 0 Å². The maximum absolute atomic E-state index is 11.7. The number of nitrogens with one attached hydrogen (secondary N) is 1. The van der Waals surface area contributed by atoms with Gasteiger partial charge in [0.1, 0.15) is 6.10 Å². The summed E-state index contributed by atoms with van der Waals surface area (Å²) in [6.07, 6.45) is 2.41. The number of hydrogen-bond acceptors (Lipinski definition) is 5. The van der Waals surface area contributed by atoms with Crippen molar-refractivity contribution in [3.8, 4) is 0 Å². The number of fused-ring (bicyclic) bond motifs is 1. The highest BCUT2D eigenvalue weighted by atomic mass is 32.2. The highest BCUT2D eigenvalue weighted by Gasteiger charge is 2.26. The molecule has 0 aromatic carbocycles. The topological polar surface area (TPSA) is 85.7 Å². The average molecular weight is 318 g/mol. The minimum atomic E-state index is -3.46. The van der Waals surface area contributed by atoms with Crippen molar-refractivity contribution < 1.29 is 17.9 Å². The molecule has 1 aromatic heterocycles. The normalized spacial score (nSPS) is 19.0. The largest absolute Gasteiger partial charge is 0.383 e. The highest BCUT2D eigenvalue weighted by Crippen LogP contribution is 2.25. The fourth-order valence-electron chi connectivity index (χ4n) is 2.10. The number of ether oxygens (including phenoxy) is 2. The van der Waals surface area contributed by atoms with Gasteiger partial charge in [-0.2, -0.15) is 22.5 Å². The quantitative estimate of drug-likeness (QED) is 0.735. The first kappa shape index (κ1) is 16.4. The summed E-state index contributed by atoms with van der Waals surface area (Å²) in [7, 11) is 1.15. The molecule has 120 valence electrons. The molecule has 1 N–H and O–H groups in total. The van der Waals surface area contributed by atoms with Gasteiger partial charge in [0.15, 0.2) is 0 Å². The van der Waals surface area contributed by atoms with Crippen LogP contribution in [0.5, 0.6) is 0 Å². The number of methoxy groups -OCH3 is 1. The Hall–Kier alpha value is -1.00. The van der Waals surface area contributed by atoms with Crippen molar-refractivity contribution in [2.45, 2.75) is 19.1 Å². The maximum atomic E-state index is 11.7. The zero-order valence-corrected chi connectivity index (χ0v) is 13.4. The molecule has 1 unspecified atom stereocenters. The molecule has 0 aliphatic carbocycles. The Morgan fingerprint density at radius 3 is 3.00 bits per heavy atom. The van der Waals surface area contributed by atoms with E-state index in [1.54, 1.807) is 7.11 Å². The molecule has 8 nitrogen and oxygen atoms in total. The number of rotatable bonds is 7. The molecule has 0 saturated carbocycles. The van der Waals surface area contributed by atoms with E-state index in [1.807, 2.05) is 10.9 Å². The number of nitrogens with zero attached hydrogens (tertiary/aromatic N) is 3. The SMILES string of the molecule is COCCn1cc2c(n1)C(CNS(=O)(=O)N(C)C)OCC2. The molecule has 0 bridgehead atoms. The molecule has 21 heavy (non-hydrogen) atoms. The molecule has 0 spiro atoms. The van der Waals surface area contributed by atoms with Gasteiger partial charge < -0.3 is 9.47 Å². The summed E-state index contributed by atoms with van der Waals surface area (Å²) in [6, 6.07) is 0. The lowest BCUT2D eigenvalue weighted by atomic mass is 10.1. The molecule has 9 heteroatoms. The Kier molecular flexibility index (Phi) is 5.33. The van der Waals surface area contributed by atoms with E-state index in [2.05, 4.69) is 9.82 Å². The molecule has 1 aliphatic rings. The molecule has 2 heterocycles. The minimum Gasteiger partial charge on any atom is -0.383 e. The van der Waals surface area contributed by atoms with Gasteiger partial charge in [-0.15, -0.1) is 0 Å². The average Bonchev–Trinajstić information content (AvgIpc) is 2.86. The van der Waals surface area contributed by atoms with Crippen molar-refractivity contribution in [3.63, 3.8) is 0 Å². The van der Waals surface area contributed by atoms with Crippen LogP contribution in [0.3, 0.4) is 0 Å². The number of hydrogen-bond donors (Lipinski definition) is 1. The van der Waals surface area contributed by atoms with Crippen molar-refractivity contribution >= 4 is 10.2 Å². The molecular weight excluding hydrogens is 296 g/mol. The van der Waals surface area contributed by atoms with Gasteiger partial charge in [0, 0.05) is 33.9 Å². The first-order chi connectivity index (χ1) is 9.94. The lowest BCUT2D eigenvalue weighted by Crippen LogP contribution is -2.39. The minimum absolute atomic E-state index is 0.175. The van der Waals surface area contributed by atoms with Gasteiger partial charge >= 0.3 is 0 Å². The van der Waals surface area contributed by atoms with Crippen LogP contribution in [-0.2, 0) is 32.6 Å². The standard InChI is InChI=1S/C12H22N4O4S/c1-15(2)21(17,18)13-8-11-12-10(4-6-20-11)9-16(14-12)5-7-19-3/h9,11,13H,4-8H2,1-3H3. The molecule has 0 saturated heterocycles. The van der Waals surface area contributed by atoms with E-state index in [0.29, 0.717) is 19.8 Å². The van der Waals surface area contributed by atoms with E-state index in [4.69, 9.17) is 9.47 Å². The highest BCUT2D eigenvalue weighted by molar-refractivity contribution is 7.87. The van der Waals surface area contributed by atoms with Crippen LogP contribution in [0.1, 0.15) is 17.4 Å². The third kappa shape index (κ3) is 4.01. The first-order valence-corrected chi connectivity index (χ1v) is 8.22. The molecule has 0 fully saturated rings. The number of aromatic nitrogens is 2. The maximum Gasteiger partial charge on any atom is 0.279 e. The van der Waals surface area contributed by atoms with Crippen molar-refractivity contribution in [2.24, 2.45) is 0 Å². The van der Waals surface area contributed by atoms with E-state index in [0.717, 1.165) is 22.0 Å². The molecule has 2 rings (SSSR count). The van der Waals surface area contributed by atoms with Gasteiger partial charge in [-0.05, 0) is 12.0 Å². The third-order valence-corrected chi connectivity index (χ3v) is 4.81. The monoisotopic (exact) mass is 318 g/mol. The third-order valence-electron chi connectivity index (χ3n) is 3.32. The zero-order valence-electron chi connectivity index (χ0n) is 12.6. The van der Waals surface area contributed by atoms with Crippen LogP contribution in [0, 0.1) is 0 Å². The molecule has 0 amide bonds. The summed E-state index contributed by atoms with van der Waals surface area (Å²) in [5.41, 5.74) is 1.91. The second kappa shape index (κ2) is 6.84. The van der Waals surface area contributed by atoms with Crippen molar-refractivity contribution in [1.82, 2.24) is 18.8 Å². The molecular formula is C12H22N4O4S. The fraction of sp³-hybridized carbons (Fsp3) is 0.750. The van der Waals surface area contributed by atoms with E-state index < -0.39 is 10.2 Å². The second-order valence-electron chi connectivity index (χ2n) is 5.04. The lowest BCUT2D eigenvalue weighted by Gasteiger charge is -2.23. The van der Waals surface area contributed by atoms with E-state index in [-0.39, 0.29) is 12.6 Å². The van der Waals surface area contributed by atoms with Crippen LogP contribution in [0.4, 0.5) is 0 Å². The van der Waals surface area contributed by atoms with Crippen LogP contribution < -0.4 is 4.72 Å². The van der Waals surface area contributed by atoms with Crippen LogP contribution in [-0.4, -0.2) is 63.5 Å². The van der Waals surface area contributed by atoms with Gasteiger partial charge in [0.25, 0.3) is 10.2 Å². The summed E-state index contributed by atoms with van der Waals surface area (Å²) >= 11 is 0. The van der Waals surface area contributed by atoms with Crippen molar-refractivity contribution in [2.75, 3.05) is 41.0 Å². The second-order valence-corrected chi connectivity index (χ2v) is 7.01. The predicted molar refractivity (Wildman–Crippen MR) is 77.1 cm³/mol. The van der Waals surface area contributed by atoms with Crippen LogP contribution in [0.25, 0.3) is 0 Å². The smallest absolute Gasteiger partial charge is 0.279 e. The molecule has 0 radical (unpaired) electrons. The molecule has 1 aliphatic heterocycles.